The van der Waals surface area contributed by atoms with E-state index in [0.29, 0.717) is 49.5 Å². The number of unbranched alkanes of at least 4 members (excludes halogenated alkanes) is 3. The Morgan fingerprint density at radius 1 is 1.12 bits per heavy atom. The lowest BCUT2D eigenvalue weighted by atomic mass is 10.1. The fraction of sp³-hybridized carbons (Fsp3) is 0.588. The van der Waals surface area contributed by atoms with Crippen molar-refractivity contribution < 1.29 is 33.1 Å². The van der Waals surface area contributed by atoms with Crippen molar-refractivity contribution >= 4 is 36.2 Å². The molecule has 1 saturated heterocycles. The number of nitrogens with two attached hydrogens (primary N) is 1. The molecule has 264 valence electrons. The quantitative estimate of drug-likeness (QED) is 0.0880. The number of carbonyl (C=O) groups excluding carboxylic acids is 2. The summed E-state index contributed by atoms with van der Waals surface area (Å²) < 4.78 is 39.7. The lowest BCUT2D eigenvalue weighted by Crippen LogP contribution is -2.52. The Morgan fingerprint density at radius 2 is 1.88 bits per heavy atom. The smallest absolute Gasteiger partial charge is 0.326 e. The molecule has 1 aliphatic heterocycles. The number of ether oxygens (including phenoxy) is 4. The number of hydrogen-bond donors (Lipinski definition) is 3. The maximum atomic E-state index is 14.9. The standard InChI is InChI=1S/C34H51N6O7P/c1-5-6-7-11-18-45-32(41)29(21-26-12-9-8-10-13-26)38-48(43,39-34(3,4)33(42)47-27-15-19-44-20-16-27)24-46-25(2)22-40-23-37-30-28(35)14-17-36-31(30)40/h8-10,12-14,17,23,25,27,29H,5-7,11,15-16,18-22,24H2,1-4H3,(H2,35,36)(H2,38,39,43)/t25-,29+,48?/m1/s1. The van der Waals surface area contributed by atoms with E-state index in [2.05, 4.69) is 27.1 Å². The third-order valence-electron chi connectivity index (χ3n) is 8.12. The van der Waals surface area contributed by atoms with Gasteiger partial charge in [0.25, 0.3) is 0 Å². The van der Waals surface area contributed by atoms with Gasteiger partial charge in [-0.05, 0) is 45.2 Å². The molecule has 2 aromatic heterocycles. The van der Waals surface area contributed by atoms with Crippen LogP contribution in [0.2, 0.25) is 0 Å². The molecule has 3 atom stereocenters. The summed E-state index contributed by atoms with van der Waals surface area (Å²) in [6.07, 6.45) is 7.35. The predicted molar refractivity (Wildman–Crippen MR) is 184 cm³/mol. The van der Waals surface area contributed by atoms with E-state index in [0.717, 1.165) is 31.2 Å². The van der Waals surface area contributed by atoms with Crippen molar-refractivity contribution in [2.45, 2.75) is 103 Å². The first-order chi connectivity index (χ1) is 23.0. The summed E-state index contributed by atoms with van der Waals surface area (Å²) in [5.74, 6) is -1.09. The molecule has 4 rings (SSSR count). The highest BCUT2D eigenvalue weighted by molar-refractivity contribution is 7.59. The Bertz CT molecular complexity index is 1510. The molecule has 48 heavy (non-hydrogen) atoms. The van der Waals surface area contributed by atoms with Crippen molar-refractivity contribution in [3.8, 4) is 0 Å². The zero-order valence-corrected chi connectivity index (χ0v) is 29.5. The number of imidazole rings is 1. The number of rotatable bonds is 19. The van der Waals surface area contributed by atoms with Crippen LogP contribution in [0, 0.1) is 0 Å². The van der Waals surface area contributed by atoms with Crippen molar-refractivity contribution in [3.05, 3.63) is 54.5 Å². The van der Waals surface area contributed by atoms with Gasteiger partial charge in [0.1, 0.15) is 29.5 Å². The number of nitrogens with zero attached hydrogens (tertiary/aromatic N) is 3. The number of carbonyl (C=O) groups is 2. The molecule has 1 fully saturated rings. The Morgan fingerprint density at radius 3 is 2.60 bits per heavy atom. The second-order valence-corrected chi connectivity index (χ2v) is 15.1. The normalized spacial score (nSPS) is 16.7. The maximum Gasteiger partial charge on any atom is 0.326 e. The molecule has 0 amide bonds. The van der Waals surface area contributed by atoms with Crippen molar-refractivity contribution in [1.82, 2.24) is 24.7 Å². The highest BCUT2D eigenvalue weighted by Crippen LogP contribution is 2.41. The molecule has 0 aliphatic carbocycles. The van der Waals surface area contributed by atoms with Gasteiger partial charge in [-0.25, -0.2) is 20.1 Å². The fourth-order valence-electron chi connectivity index (χ4n) is 5.45. The molecule has 1 unspecified atom stereocenters. The molecule has 0 spiro atoms. The van der Waals surface area contributed by atoms with Gasteiger partial charge in [0, 0.05) is 19.0 Å². The largest absolute Gasteiger partial charge is 0.465 e. The van der Waals surface area contributed by atoms with E-state index in [-0.39, 0.29) is 25.5 Å². The average Bonchev–Trinajstić information content (AvgIpc) is 3.47. The molecule has 1 aliphatic rings. The van der Waals surface area contributed by atoms with Crippen LogP contribution >= 0.6 is 7.44 Å². The van der Waals surface area contributed by atoms with E-state index in [1.165, 1.54) is 0 Å². The van der Waals surface area contributed by atoms with Crippen LogP contribution in [0.5, 0.6) is 0 Å². The number of anilines is 1. The minimum absolute atomic E-state index is 0.219. The molecule has 0 bridgehead atoms. The number of fused-ring (bicyclic) bond motifs is 1. The zero-order chi connectivity index (χ0) is 34.6. The highest BCUT2D eigenvalue weighted by atomic mass is 31.2. The SMILES string of the molecule is CCCCCCOC(=O)[C@H](Cc1ccccc1)NP(=O)(CO[C@H](C)Cn1cnc2c(N)ccnc21)NC(C)(C)C(=O)OC1CCOCC1. The van der Waals surface area contributed by atoms with Gasteiger partial charge in [-0.15, -0.1) is 0 Å². The molecule has 3 aromatic rings. The number of benzene rings is 1. The van der Waals surface area contributed by atoms with Gasteiger partial charge >= 0.3 is 11.9 Å². The molecule has 1 aromatic carbocycles. The van der Waals surface area contributed by atoms with Crippen LogP contribution < -0.4 is 15.9 Å². The first-order valence-corrected chi connectivity index (χ1v) is 18.7. The number of esters is 2. The van der Waals surface area contributed by atoms with Gasteiger partial charge < -0.3 is 29.2 Å². The third kappa shape index (κ3) is 11.1. The third-order valence-corrected chi connectivity index (χ3v) is 10.3. The molecular formula is C34H51N6O7P. The van der Waals surface area contributed by atoms with E-state index in [1.807, 2.05) is 41.8 Å². The number of pyridine rings is 1. The Hall–Kier alpha value is -3.35. The lowest BCUT2D eigenvalue weighted by Gasteiger charge is -2.34. The number of nitrogen functional groups attached to an aromatic ring is 1. The molecule has 0 radical (unpaired) electrons. The van der Waals surface area contributed by atoms with E-state index in [9.17, 15) is 14.2 Å². The van der Waals surface area contributed by atoms with Gasteiger partial charge in [0.05, 0.1) is 44.5 Å². The van der Waals surface area contributed by atoms with Crippen molar-refractivity contribution in [2.24, 2.45) is 0 Å². The first-order valence-electron chi connectivity index (χ1n) is 16.8. The lowest BCUT2D eigenvalue weighted by molar-refractivity contribution is -0.159. The Kier molecular flexibility index (Phi) is 14.0. The van der Waals surface area contributed by atoms with Gasteiger partial charge in [-0.1, -0.05) is 56.5 Å². The van der Waals surface area contributed by atoms with Crippen LogP contribution in [0.1, 0.15) is 71.8 Å². The summed E-state index contributed by atoms with van der Waals surface area (Å²) in [5.41, 5.74) is 7.22. The minimum atomic E-state index is -3.85. The maximum absolute atomic E-state index is 14.9. The van der Waals surface area contributed by atoms with E-state index in [1.54, 1.807) is 32.4 Å². The van der Waals surface area contributed by atoms with Crippen LogP contribution in [0.4, 0.5) is 5.69 Å². The summed E-state index contributed by atoms with van der Waals surface area (Å²) in [6, 6.07) is 10.1. The van der Waals surface area contributed by atoms with Gasteiger partial charge in [-0.2, -0.15) is 0 Å². The molecule has 4 N–H and O–H groups in total. The van der Waals surface area contributed by atoms with Crippen molar-refractivity contribution in [3.63, 3.8) is 0 Å². The fourth-order valence-corrected chi connectivity index (χ4v) is 7.82. The number of aromatic nitrogens is 3. The van der Waals surface area contributed by atoms with Gasteiger partial charge in [0.2, 0.25) is 7.44 Å². The van der Waals surface area contributed by atoms with E-state index >= 15 is 0 Å². The van der Waals surface area contributed by atoms with Crippen molar-refractivity contribution in [1.29, 1.82) is 0 Å². The predicted octanol–water partition coefficient (Wildman–Crippen LogP) is 4.98. The summed E-state index contributed by atoms with van der Waals surface area (Å²) in [4.78, 5) is 35.7. The number of nitrogens with one attached hydrogen (secondary N) is 2. The molecule has 0 saturated carbocycles. The highest BCUT2D eigenvalue weighted by Gasteiger charge is 2.41. The Balaban J connectivity index is 1.53. The van der Waals surface area contributed by atoms with Crippen LogP contribution in [0.3, 0.4) is 0 Å². The van der Waals surface area contributed by atoms with Crippen LogP contribution in [-0.2, 0) is 46.1 Å². The zero-order valence-electron chi connectivity index (χ0n) is 28.6. The first kappa shape index (κ1) is 37.5. The van der Waals surface area contributed by atoms with Crippen molar-refractivity contribution in [2.75, 3.05) is 31.9 Å². The summed E-state index contributed by atoms with van der Waals surface area (Å²) in [5, 5.41) is 6.09. The second kappa shape index (κ2) is 17.9. The summed E-state index contributed by atoms with van der Waals surface area (Å²) >= 11 is 0. The Labute approximate surface area is 283 Å². The van der Waals surface area contributed by atoms with E-state index in [4.69, 9.17) is 24.7 Å². The second-order valence-electron chi connectivity index (χ2n) is 12.9. The monoisotopic (exact) mass is 686 g/mol. The average molecular weight is 687 g/mol. The molecule has 13 nitrogen and oxygen atoms in total. The van der Waals surface area contributed by atoms with Gasteiger partial charge in [0.15, 0.2) is 5.65 Å². The number of hydrogen-bond acceptors (Lipinski definition) is 10. The van der Waals surface area contributed by atoms with Gasteiger partial charge in [-0.3, -0.25) is 14.2 Å². The van der Waals surface area contributed by atoms with Crippen LogP contribution in [0.15, 0.2) is 48.9 Å². The summed E-state index contributed by atoms with van der Waals surface area (Å²) in [7, 11) is -3.85. The molecule has 14 heteroatoms. The molecule has 3 heterocycles. The molecular weight excluding hydrogens is 635 g/mol. The van der Waals surface area contributed by atoms with Crippen LogP contribution in [-0.4, -0.2) is 76.4 Å². The minimum Gasteiger partial charge on any atom is -0.465 e. The van der Waals surface area contributed by atoms with E-state index < -0.39 is 37.1 Å². The summed E-state index contributed by atoms with van der Waals surface area (Å²) in [6.45, 7) is 8.79. The van der Waals surface area contributed by atoms with Crippen LogP contribution in [0.25, 0.3) is 11.2 Å². The topological polar surface area (TPSA) is 169 Å².